The molecule has 5 aliphatic heterocycles. The first-order valence-corrected chi connectivity index (χ1v) is 32.1. The number of benzene rings is 5. The summed E-state index contributed by atoms with van der Waals surface area (Å²) in [6, 6.07) is 26.5. The summed E-state index contributed by atoms with van der Waals surface area (Å²) in [5, 5.41) is 5.47. The molecule has 1 saturated heterocycles. The summed E-state index contributed by atoms with van der Waals surface area (Å²) in [6.07, 6.45) is 1.41. The molecule has 1 unspecified atom stereocenters. The van der Waals surface area contributed by atoms with Gasteiger partial charge in [0.15, 0.2) is 28.4 Å². The van der Waals surface area contributed by atoms with Crippen molar-refractivity contribution in [2.24, 2.45) is 0 Å². The van der Waals surface area contributed by atoms with E-state index in [0.29, 0.717) is 104 Å². The van der Waals surface area contributed by atoms with Gasteiger partial charge in [0.05, 0.1) is 81.8 Å². The molecule has 1 fully saturated rings. The number of hydrogen-bond acceptors (Lipinski definition) is 20. The third-order valence-corrected chi connectivity index (χ3v) is 19.7. The Bertz CT molecular complexity index is 3460. The van der Waals surface area contributed by atoms with Crippen LogP contribution in [0.25, 0.3) is 0 Å². The number of para-hydroxylation sites is 2. The molecule has 10 rings (SSSR count). The molecule has 4 amide bonds. The van der Waals surface area contributed by atoms with Crippen LogP contribution in [0.2, 0.25) is 0 Å². The fourth-order valence-corrected chi connectivity index (χ4v) is 14.7. The van der Waals surface area contributed by atoms with Crippen LogP contribution in [0.1, 0.15) is 82.5 Å². The van der Waals surface area contributed by atoms with E-state index in [-0.39, 0.29) is 73.6 Å². The first-order chi connectivity index (χ1) is 41.4. The lowest BCUT2D eigenvalue weighted by atomic mass is 10.1. The number of carbonyl (C=O) groups excluding carboxylic acids is 5. The molecule has 86 heavy (non-hydrogen) atoms. The number of nitrogens with zero attached hydrogens (tertiary/aromatic N) is 4. The van der Waals surface area contributed by atoms with Crippen LogP contribution in [0, 0.1) is 0 Å². The third-order valence-electron chi connectivity index (χ3n) is 15.3. The van der Waals surface area contributed by atoms with E-state index in [1.165, 1.54) is 31.3 Å². The first kappa shape index (κ1) is 61.8. The Labute approximate surface area is 507 Å². The number of anilines is 5. The molecule has 25 heteroatoms. The van der Waals surface area contributed by atoms with Crippen LogP contribution in [0.5, 0.6) is 23.0 Å². The second kappa shape index (κ2) is 27.2. The number of imide groups is 1. The van der Waals surface area contributed by atoms with Crippen molar-refractivity contribution < 1.29 is 74.9 Å². The zero-order valence-corrected chi connectivity index (χ0v) is 50.9. The van der Waals surface area contributed by atoms with Crippen molar-refractivity contribution in [3.63, 3.8) is 0 Å². The van der Waals surface area contributed by atoms with Gasteiger partial charge in [0.25, 0.3) is 33.7 Å². The summed E-state index contributed by atoms with van der Waals surface area (Å²) in [7, 11) is 3.04. The van der Waals surface area contributed by atoms with Gasteiger partial charge in [-0.15, -0.1) is 5.06 Å². The summed E-state index contributed by atoms with van der Waals surface area (Å²) in [5.74, 6) is -0.596. The normalized spacial score (nSPS) is 17.7. The van der Waals surface area contributed by atoms with E-state index in [2.05, 4.69) is 35.4 Å². The van der Waals surface area contributed by atoms with Gasteiger partial charge in [0, 0.05) is 85.7 Å². The van der Waals surface area contributed by atoms with Gasteiger partial charge in [-0.25, -0.2) is 4.79 Å². The monoisotopic (exact) mass is 1240 g/mol. The fourth-order valence-electron chi connectivity index (χ4n) is 11.2. The lowest BCUT2D eigenvalue weighted by molar-refractivity contribution is -0.197. The van der Waals surface area contributed by atoms with Gasteiger partial charge in [-0.05, 0) is 97.8 Å². The molecule has 5 aromatic carbocycles. The Morgan fingerprint density at radius 1 is 0.721 bits per heavy atom. The molecular weight excluding hydrogens is 1170 g/mol. The molecule has 22 nitrogen and oxygen atoms in total. The molecule has 0 bridgehead atoms. The van der Waals surface area contributed by atoms with E-state index in [4.69, 9.17) is 38.0 Å². The van der Waals surface area contributed by atoms with Gasteiger partial charge in [0.1, 0.15) is 13.2 Å². The van der Waals surface area contributed by atoms with E-state index in [1.807, 2.05) is 53.4 Å². The minimum Gasteiger partial charge on any atom is -0.493 e. The van der Waals surface area contributed by atoms with Crippen molar-refractivity contribution in [2.45, 2.75) is 87.8 Å². The SMILES string of the molecule is COCCOCCOCCN(CC(C)(C)SSCCCC(=O)ON1C(=O)CCC1=O)c1cc(COc2cc3c(cc2OC)C(=O)N2c4ccccc4C[C@H]2CN3)cc(COc2cc3c(cc2OC)C(=O)N2c4ccccc4C[C@@H]2C(S(=O)(=O)O)N3)c1. The zero-order chi connectivity index (χ0) is 60.7. The van der Waals surface area contributed by atoms with Gasteiger partial charge in [0.2, 0.25) is 0 Å². The Morgan fingerprint density at radius 2 is 1.30 bits per heavy atom. The number of methoxy groups -OCH3 is 3. The maximum absolute atomic E-state index is 14.5. The van der Waals surface area contributed by atoms with E-state index in [9.17, 15) is 36.9 Å². The highest BCUT2D eigenvalue weighted by atomic mass is 33.1. The summed E-state index contributed by atoms with van der Waals surface area (Å²) < 4.78 is 78.4. The Morgan fingerprint density at radius 3 is 1.94 bits per heavy atom. The van der Waals surface area contributed by atoms with Crippen molar-refractivity contribution in [3.05, 3.63) is 124 Å². The highest BCUT2D eigenvalue weighted by Gasteiger charge is 2.47. The van der Waals surface area contributed by atoms with Crippen LogP contribution in [0.4, 0.5) is 28.4 Å². The van der Waals surface area contributed by atoms with Crippen molar-refractivity contribution in [1.29, 1.82) is 0 Å². The molecule has 0 saturated carbocycles. The number of nitrogens with one attached hydrogen (secondary N) is 2. The topological polar surface area (TPSA) is 251 Å². The average Bonchev–Trinajstić information content (AvgIpc) is 1.80. The van der Waals surface area contributed by atoms with Crippen LogP contribution in [-0.2, 0) is 69.6 Å². The highest BCUT2D eigenvalue weighted by molar-refractivity contribution is 8.77. The van der Waals surface area contributed by atoms with Crippen molar-refractivity contribution in [1.82, 2.24) is 5.06 Å². The van der Waals surface area contributed by atoms with E-state index < -0.39 is 50.0 Å². The molecule has 3 N–H and O–H groups in total. The molecule has 0 spiro atoms. The Kier molecular flexibility index (Phi) is 19.5. The number of hydrogen-bond donors (Lipinski definition) is 3. The molecular formula is C61H70N6O16S3. The number of hydroxylamine groups is 2. The van der Waals surface area contributed by atoms with Gasteiger partial charge >= 0.3 is 5.97 Å². The zero-order valence-electron chi connectivity index (χ0n) is 48.5. The Hall–Kier alpha value is -7.26. The van der Waals surface area contributed by atoms with E-state index in [0.717, 1.165) is 34.5 Å². The minimum absolute atomic E-state index is 0.0164. The number of ether oxygens (including phenoxy) is 7. The van der Waals surface area contributed by atoms with Gasteiger partial charge < -0.3 is 63.3 Å². The molecule has 5 aromatic rings. The van der Waals surface area contributed by atoms with Gasteiger partial charge in [-0.3, -0.25) is 23.7 Å². The minimum atomic E-state index is -4.77. The molecule has 458 valence electrons. The molecule has 0 radical (unpaired) electrons. The molecule has 0 aliphatic carbocycles. The van der Waals surface area contributed by atoms with Crippen LogP contribution in [0.3, 0.4) is 0 Å². The quantitative estimate of drug-likeness (QED) is 0.0185. The summed E-state index contributed by atoms with van der Waals surface area (Å²) in [4.78, 5) is 75.9. The standard InChI is InChI=1S/C61H70N6O16S3/c1-61(2,85-84-24-10-15-57(70)83-67-55(68)16-17-56(67)69)37-64(18-19-79-22-23-80-21-20-76-3)42-26-38(35-81-53-32-46-44(30-51(53)77-4)59(71)65-43(34-62-46)28-40-11-6-8-13-48(40)65)25-39(27-42)36-82-54-33-47-45(31-52(54)78-5)60(72)66-49-14-9-7-12-41(49)29-50(66)58(63-47)86(73,74)75/h6-9,11-14,25-27,30-33,43,50,58,62-63H,10,15-24,28-29,34-37H2,1-5H3,(H,73,74,75)/t43-,50+,58?/m0/s1. The lowest BCUT2D eigenvalue weighted by Crippen LogP contribution is -2.49. The van der Waals surface area contributed by atoms with Crippen LogP contribution in [0.15, 0.2) is 91.0 Å². The highest BCUT2D eigenvalue weighted by Crippen LogP contribution is 2.45. The van der Waals surface area contributed by atoms with Gasteiger partial charge in [-0.1, -0.05) is 58.0 Å². The number of carbonyl (C=O) groups is 5. The first-order valence-electron chi connectivity index (χ1n) is 28.3. The Balaban J connectivity index is 0.931. The average molecular weight is 1240 g/mol. The number of amides is 4. The maximum atomic E-state index is 14.5. The van der Waals surface area contributed by atoms with Crippen LogP contribution in [-0.4, -0.2) is 150 Å². The maximum Gasteiger partial charge on any atom is 0.333 e. The summed E-state index contributed by atoms with van der Waals surface area (Å²) in [6.45, 7) is 7.60. The fraction of sp³-hybridized carbons (Fsp3) is 0.426. The largest absolute Gasteiger partial charge is 0.493 e. The van der Waals surface area contributed by atoms with Gasteiger partial charge in [-0.2, -0.15) is 8.42 Å². The van der Waals surface area contributed by atoms with Crippen molar-refractivity contribution >= 4 is 89.7 Å². The van der Waals surface area contributed by atoms with Crippen molar-refractivity contribution in [2.75, 3.05) is 105 Å². The predicted octanol–water partition coefficient (Wildman–Crippen LogP) is 8.10. The second-order valence-electron chi connectivity index (χ2n) is 21.8. The molecule has 0 aromatic heterocycles. The molecule has 5 aliphatic rings. The molecule has 3 atom stereocenters. The predicted molar refractivity (Wildman–Crippen MR) is 326 cm³/mol. The van der Waals surface area contributed by atoms with Crippen LogP contribution < -0.4 is 44.3 Å². The lowest BCUT2D eigenvalue weighted by Gasteiger charge is -2.34. The van der Waals surface area contributed by atoms with Crippen molar-refractivity contribution in [3.8, 4) is 23.0 Å². The van der Waals surface area contributed by atoms with E-state index >= 15 is 0 Å². The smallest absolute Gasteiger partial charge is 0.333 e. The van der Waals surface area contributed by atoms with E-state index in [1.54, 1.807) is 53.0 Å². The summed E-state index contributed by atoms with van der Waals surface area (Å²) >= 11 is 0. The number of rotatable bonds is 28. The van der Waals surface area contributed by atoms with Crippen LogP contribution >= 0.6 is 21.6 Å². The second-order valence-corrected chi connectivity index (χ2v) is 26.5. The summed E-state index contributed by atoms with van der Waals surface area (Å²) in [5.41, 5.74) is 6.85. The number of fused-ring (bicyclic) bond motifs is 8. The third kappa shape index (κ3) is 14.1. The molecule has 5 heterocycles.